The molecule has 0 saturated carbocycles. The minimum absolute atomic E-state index is 0. The van der Waals surface area contributed by atoms with Gasteiger partial charge in [0.1, 0.15) is 0 Å². The summed E-state index contributed by atoms with van der Waals surface area (Å²) in [6.45, 7) is 12.9. The number of likely N-dealkylation sites (tertiary alicyclic amines) is 1. The van der Waals surface area contributed by atoms with Gasteiger partial charge in [-0.15, -0.1) is 35.3 Å². The Labute approximate surface area is 186 Å². The van der Waals surface area contributed by atoms with E-state index in [0.29, 0.717) is 17.9 Å². The van der Waals surface area contributed by atoms with Crippen LogP contribution in [-0.2, 0) is 6.54 Å². The monoisotopic (exact) mass is 507 g/mol. The lowest BCUT2D eigenvalue weighted by Gasteiger charge is -2.30. The predicted molar refractivity (Wildman–Crippen MR) is 128 cm³/mol. The van der Waals surface area contributed by atoms with Crippen LogP contribution in [0.25, 0.3) is 0 Å². The van der Waals surface area contributed by atoms with Crippen LogP contribution in [0, 0.1) is 18.8 Å². The minimum Gasteiger partial charge on any atom is -0.370 e. The number of aryl methyl sites for hydroxylation is 1. The lowest BCUT2D eigenvalue weighted by Crippen LogP contribution is -2.39. The summed E-state index contributed by atoms with van der Waals surface area (Å²) in [6, 6.07) is 0.404. The first-order valence-corrected chi connectivity index (χ1v) is 11.0. The number of rotatable bonds is 9. The van der Waals surface area contributed by atoms with Gasteiger partial charge in [0.25, 0.3) is 0 Å². The van der Waals surface area contributed by atoms with Gasteiger partial charge in [0.15, 0.2) is 5.96 Å². The number of piperidine rings is 1. The summed E-state index contributed by atoms with van der Waals surface area (Å²) in [5.74, 6) is 2.04. The number of halogens is 1. The maximum Gasteiger partial charge on any atom is 0.188 e. The van der Waals surface area contributed by atoms with Gasteiger partial charge in [-0.1, -0.05) is 26.7 Å². The topological polar surface area (TPSA) is 66.5 Å². The molecular formula is C20H38IN5S. The van der Waals surface area contributed by atoms with Gasteiger partial charge in [0, 0.05) is 24.5 Å². The lowest BCUT2D eigenvalue weighted by atomic mass is 9.97. The first-order chi connectivity index (χ1) is 12.4. The fourth-order valence-electron chi connectivity index (χ4n) is 3.47. The molecule has 0 aromatic carbocycles. The Kier molecular flexibility index (Phi) is 11.8. The normalized spacial score (nSPS) is 17.7. The summed E-state index contributed by atoms with van der Waals surface area (Å²) in [6.07, 6.45) is 6.08. The maximum absolute atomic E-state index is 6.08. The van der Waals surface area contributed by atoms with Crippen LogP contribution in [0.3, 0.4) is 0 Å². The molecule has 3 N–H and O–H groups in total. The second-order valence-electron chi connectivity index (χ2n) is 8.17. The van der Waals surface area contributed by atoms with Crippen LogP contribution < -0.4 is 11.1 Å². The van der Waals surface area contributed by atoms with Gasteiger partial charge in [-0.05, 0) is 58.0 Å². The molecule has 0 bridgehead atoms. The van der Waals surface area contributed by atoms with E-state index in [1.165, 1.54) is 31.4 Å². The Morgan fingerprint density at radius 2 is 2.04 bits per heavy atom. The fourth-order valence-corrected chi connectivity index (χ4v) is 4.07. The number of nitrogens with one attached hydrogen (secondary N) is 1. The Balaban J connectivity index is 0.00000364. The third-order valence-electron chi connectivity index (χ3n) is 5.09. The fraction of sp³-hybridized carbons (Fsp3) is 0.800. The van der Waals surface area contributed by atoms with Gasteiger partial charge in [-0.3, -0.25) is 9.89 Å². The molecule has 0 amide bonds. The maximum atomic E-state index is 6.08. The number of thiazole rings is 1. The third-order valence-corrected chi connectivity index (χ3v) is 5.91. The Hall–Kier alpha value is -0.410. The van der Waals surface area contributed by atoms with Gasteiger partial charge >= 0.3 is 0 Å². The van der Waals surface area contributed by atoms with Crippen molar-refractivity contribution in [2.45, 2.75) is 72.4 Å². The zero-order chi connectivity index (χ0) is 18.9. The third kappa shape index (κ3) is 10.1. The van der Waals surface area contributed by atoms with E-state index in [1.807, 2.05) is 0 Å². The quantitative estimate of drug-likeness (QED) is 0.296. The summed E-state index contributed by atoms with van der Waals surface area (Å²) in [4.78, 5) is 11.7. The van der Waals surface area contributed by atoms with Crippen LogP contribution in [-0.4, -0.2) is 41.5 Å². The summed E-state index contributed by atoms with van der Waals surface area (Å²) in [7, 11) is 0. The van der Waals surface area contributed by atoms with E-state index in [9.17, 15) is 0 Å². The van der Waals surface area contributed by atoms with Gasteiger partial charge < -0.3 is 11.1 Å². The highest BCUT2D eigenvalue weighted by molar-refractivity contribution is 14.0. The van der Waals surface area contributed by atoms with Crippen molar-refractivity contribution in [3.05, 3.63) is 16.1 Å². The predicted octanol–water partition coefficient (Wildman–Crippen LogP) is 4.40. The van der Waals surface area contributed by atoms with Crippen molar-refractivity contribution in [2.75, 3.05) is 19.6 Å². The first-order valence-electron chi connectivity index (χ1n) is 10.1. The molecule has 1 aliphatic heterocycles. The van der Waals surface area contributed by atoms with Crippen molar-refractivity contribution >= 4 is 41.3 Å². The number of hydrogen-bond donors (Lipinski definition) is 2. The van der Waals surface area contributed by atoms with Gasteiger partial charge in [-0.25, -0.2) is 4.98 Å². The zero-order valence-corrected chi connectivity index (χ0v) is 20.6. The number of aliphatic imine (C=N–C) groups is 1. The summed E-state index contributed by atoms with van der Waals surface area (Å²) in [5, 5.41) is 6.69. The highest BCUT2D eigenvalue weighted by Crippen LogP contribution is 2.20. The van der Waals surface area contributed by atoms with Crippen LogP contribution in [0.5, 0.6) is 0 Å². The van der Waals surface area contributed by atoms with Gasteiger partial charge in [0.05, 0.1) is 10.7 Å². The van der Waals surface area contributed by atoms with Gasteiger partial charge in [0.2, 0.25) is 0 Å². The Morgan fingerprint density at radius 3 is 2.63 bits per heavy atom. The van der Waals surface area contributed by atoms with Crippen molar-refractivity contribution in [2.24, 2.45) is 22.6 Å². The highest BCUT2D eigenvalue weighted by atomic mass is 127. The molecule has 7 heteroatoms. The molecule has 0 spiro atoms. The average Bonchev–Trinajstić information content (AvgIpc) is 2.99. The molecule has 1 unspecified atom stereocenters. The largest absolute Gasteiger partial charge is 0.370 e. The van der Waals surface area contributed by atoms with Crippen molar-refractivity contribution in [1.29, 1.82) is 0 Å². The number of hydrogen-bond acceptors (Lipinski definition) is 4. The molecule has 1 saturated heterocycles. The molecule has 1 atom stereocenters. The zero-order valence-electron chi connectivity index (χ0n) is 17.4. The number of nitrogens with zero attached hydrogens (tertiary/aromatic N) is 3. The van der Waals surface area contributed by atoms with Crippen LogP contribution in [0.2, 0.25) is 0 Å². The number of nitrogens with two attached hydrogens (primary N) is 1. The van der Waals surface area contributed by atoms with E-state index in [4.69, 9.17) is 5.73 Å². The van der Waals surface area contributed by atoms with Crippen LogP contribution in [0.15, 0.2) is 10.4 Å². The molecule has 1 aliphatic rings. The summed E-state index contributed by atoms with van der Waals surface area (Å²) < 4.78 is 0. The molecule has 156 valence electrons. The van der Waals surface area contributed by atoms with E-state index in [1.54, 1.807) is 11.3 Å². The average molecular weight is 508 g/mol. The molecule has 5 nitrogen and oxygen atoms in total. The van der Waals surface area contributed by atoms with E-state index < -0.39 is 0 Å². The van der Waals surface area contributed by atoms with Crippen LogP contribution in [0.1, 0.15) is 63.6 Å². The SMILES string of the molecule is Cc1nc(CN2CCC(CN=C(N)NC(C)CCCC(C)C)CC2)cs1.I. The van der Waals surface area contributed by atoms with E-state index in [-0.39, 0.29) is 24.0 Å². The Morgan fingerprint density at radius 1 is 1.33 bits per heavy atom. The van der Waals surface area contributed by atoms with E-state index in [2.05, 4.69) is 53.3 Å². The van der Waals surface area contributed by atoms with Crippen molar-refractivity contribution < 1.29 is 0 Å². The van der Waals surface area contributed by atoms with Crippen molar-refractivity contribution in [3.63, 3.8) is 0 Å². The molecule has 0 radical (unpaired) electrons. The Bertz CT molecular complexity index is 552. The minimum atomic E-state index is 0. The highest BCUT2D eigenvalue weighted by Gasteiger charge is 2.19. The molecular weight excluding hydrogens is 469 g/mol. The lowest BCUT2D eigenvalue weighted by molar-refractivity contribution is 0.179. The molecule has 1 aromatic rings. The molecule has 1 fully saturated rings. The number of aromatic nitrogens is 1. The summed E-state index contributed by atoms with van der Waals surface area (Å²) >= 11 is 1.74. The molecule has 0 aliphatic carbocycles. The van der Waals surface area contributed by atoms with Crippen LogP contribution >= 0.6 is 35.3 Å². The van der Waals surface area contributed by atoms with E-state index >= 15 is 0 Å². The smallest absolute Gasteiger partial charge is 0.188 e. The molecule has 2 rings (SSSR count). The van der Waals surface area contributed by atoms with E-state index in [0.717, 1.165) is 43.5 Å². The second kappa shape index (κ2) is 12.9. The summed E-state index contributed by atoms with van der Waals surface area (Å²) in [5.41, 5.74) is 7.29. The second-order valence-corrected chi connectivity index (χ2v) is 9.24. The molecule has 2 heterocycles. The van der Waals surface area contributed by atoms with Gasteiger partial charge in [-0.2, -0.15) is 0 Å². The molecule has 1 aromatic heterocycles. The van der Waals surface area contributed by atoms with Crippen molar-refractivity contribution in [3.8, 4) is 0 Å². The standard InChI is InChI=1S/C20H37N5S.HI/c1-15(2)6-5-7-16(3)23-20(21)22-12-18-8-10-25(11-9-18)13-19-14-26-17(4)24-19;/h14-16,18H,5-13H2,1-4H3,(H3,21,22,23);1H. The van der Waals surface area contributed by atoms with Crippen molar-refractivity contribution in [1.82, 2.24) is 15.2 Å². The van der Waals surface area contributed by atoms with Crippen LogP contribution in [0.4, 0.5) is 0 Å². The number of guanidine groups is 1. The first kappa shape index (κ1) is 24.6. The molecule has 27 heavy (non-hydrogen) atoms.